The van der Waals surface area contributed by atoms with E-state index < -0.39 is 24.2 Å². The van der Waals surface area contributed by atoms with Crippen LogP contribution in [0.3, 0.4) is 0 Å². The van der Waals surface area contributed by atoms with Crippen LogP contribution < -0.4 is 4.74 Å². The number of hydrogen-bond donors (Lipinski definition) is 0. The summed E-state index contributed by atoms with van der Waals surface area (Å²) in [5, 5.41) is 0. The lowest BCUT2D eigenvalue weighted by molar-refractivity contribution is -0.134. The number of rotatable bonds is 5. The van der Waals surface area contributed by atoms with Gasteiger partial charge >= 0.3 is 6.09 Å². The van der Waals surface area contributed by atoms with Crippen LogP contribution in [0.25, 0.3) is 0 Å². The summed E-state index contributed by atoms with van der Waals surface area (Å²) < 4.78 is 25.8. The minimum Gasteiger partial charge on any atom is -0.496 e. The van der Waals surface area contributed by atoms with Crippen LogP contribution in [0.4, 0.5) is 9.18 Å². The maximum absolute atomic E-state index is 15.0. The lowest BCUT2D eigenvalue weighted by Gasteiger charge is -2.22. The van der Waals surface area contributed by atoms with Crippen molar-refractivity contribution in [2.24, 2.45) is 0 Å². The number of amides is 2. The molecule has 0 unspecified atom stereocenters. The molecule has 0 aliphatic carbocycles. The number of ether oxygens (including phenoxy) is 2. The Kier molecular flexibility index (Phi) is 5.56. The van der Waals surface area contributed by atoms with Gasteiger partial charge in [-0.1, -0.05) is 52.3 Å². The Bertz CT molecular complexity index is 814. The average molecular weight is 422 g/mol. The molecule has 0 spiro atoms. The predicted octanol–water partition coefficient (Wildman–Crippen LogP) is 4.06. The summed E-state index contributed by atoms with van der Waals surface area (Å²) in [6.07, 6.45) is -2.45. The van der Waals surface area contributed by atoms with Gasteiger partial charge in [0, 0.05) is 10.0 Å². The summed E-state index contributed by atoms with van der Waals surface area (Å²) in [6.45, 7) is 0.0453. The van der Waals surface area contributed by atoms with Gasteiger partial charge in [0.15, 0.2) is 0 Å². The molecular formula is C19H17BrFNO4. The van der Waals surface area contributed by atoms with Crippen LogP contribution in [-0.4, -0.2) is 36.7 Å². The molecule has 3 rings (SSSR count). The number of halogens is 2. The molecule has 2 amide bonds. The number of hydrogen-bond acceptors (Lipinski definition) is 4. The minimum absolute atomic E-state index is 0.0453. The normalized spacial score (nSPS) is 17.7. The van der Waals surface area contributed by atoms with Gasteiger partial charge in [0.05, 0.1) is 13.2 Å². The van der Waals surface area contributed by atoms with E-state index in [-0.39, 0.29) is 17.9 Å². The first-order valence-electron chi connectivity index (χ1n) is 8.02. The van der Waals surface area contributed by atoms with Crippen molar-refractivity contribution < 1.29 is 23.5 Å². The monoisotopic (exact) mass is 421 g/mol. The van der Waals surface area contributed by atoms with E-state index in [9.17, 15) is 14.0 Å². The van der Waals surface area contributed by atoms with E-state index in [0.29, 0.717) is 10.9 Å². The summed E-state index contributed by atoms with van der Waals surface area (Å²) in [5.41, 5.74) is 1.00. The fourth-order valence-corrected chi connectivity index (χ4v) is 3.26. The van der Waals surface area contributed by atoms with Crippen molar-refractivity contribution in [2.45, 2.75) is 18.6 Å². The maximum atomic E-state index is 15.0. The van der Waals surface area contributed by atoms with E-state index in [0.717, 1.165) is 10.5 Å². The number of imide groups is 1. The Hall–Kier alpha value is -2.41. The number of nitrogens with zero attached hydrogens (tertiary/aromatic N) is 1. The van der Waals surface area contributed by atoms with Gasteiger partial charge in [0.2, 0.25) is 6.17 Å². The highest BCUT2D eigenvalue weighted by Gasteiger charge is 2.42. The Morgan fingerprint density at radius 3 is 2.77 bits per heavy atom. The zero-order valence-electron chi connectivity index (χ0n) is 14.0. The van der Waals surface area contributed by atoms with Crippen molar-refractivity contribution in [2.75, 3.05) is 13.7 Å². The quantitative estimate of drug-likeness (QED) is 0.730. The molecule has 26 heavy (non-hydrogen) atoms. The summed E-state index contributed by atoms with van der Waals surface area (Å²) in [6, 6.07) is 13.5. The van der Waals surface area contributed by atoms with Gasteiger partial charge in [-0.25, -0.2) is 14.1 Å². The van der Waals surface area contributed by atoms with E-state index in [4.69, 9.17) is 9.47 Å². The van der Waals surface area contributed by atoms with Gasteiger partial charge in [-0.05, 0) is 24.1 Å². The number of alkyl halides is 1. The van der Waals surface area contributed by atoms with Crippen LogP contribution in [0.1, 0.15) is 17.3 Å². The molecule has 2 aromatic rings. The SMILES string of the molecule is COc1cc(Br)ccc1[C@@H](F)C(=O)N1C(=O)OC[C@H]1Cc1ccccc1. The highest BCUT2D eigenvalue weighted by molar-refractivity contribution is 9.10. The van der Waals surface area contributed by atoms with Gasteiger partial charge in [-0.15, -0.1) is 0 Å². The van der Waals surface area contributed by atoms with Crippen molar-refractivity contribution in [1.29, 1.82) is 0 Å². The van der Waals surface area contributed by atoms with E-state index in [1.807, 2.05) is 30.3 Å². The second kappa shape index (κ2) is 7.86. The summed E-state index contributed by atoms with van der Waals surface area (Å²) in [7, 11) is 1.39. The third-order valence-corrected chi connectivity index (χ3v) is 4.69. The van der Waals surface area contributed by atoms with Crippen LogP contribution in [0.2, 0.25) is 0 Å². The van der Waals surface area contributed by atoms with E-state index in [2.05, 4.69) is 15.9 Å². The molecule has 1 saturated heterocycles. The molecule has 1 aliphatic heterocycles. The molecule has 0 saturated carbocycles. The number of carbonyl (C=O) groups is 2. The highest BCUT2D eigenvalue weighted by atomic mass is 79.9. The molecule has 1 fully saturated rings. The Morgan fingerprint density at radius 2 is 2.08 bits per heavy atom. The van der Waals surface area contributed by atoms with Gasteiger partial charge in [0.25, 0.3) is 5.91 Å². The van der Waals surface area contributed by atoms with Crippen LogP contribution in [0.15, 0.2) is 53.0 Å². The van der Waals surface area contributed by atoms with Crippen molar-refractivity contribution >= 4 is 27.9 Å². The number of methoxy groups -OCH3 is 1. The number of benzene rings is 2. The van der Waals surface area contributed by atoms with Gasteiger partial charge in [0.1, 0.15) is 12.4 Å². The van der Waals surface area contributed by atoms with Gasteiger partial charge in [-0.3, -0.25) is 4.79 Å². The first kappa shape index (κ1) is 18.4. The van der Waals surface area contributed by atoms with Gasteiger partial charge in [-0.2, -0.15) is 0 Å². The summed E-state index contributed by atoms with van der Waals surface area (Å²) in [4.78, 5) is 25.6. The Labute approximate surface area is 158 Å². The van der Waals surface area contributed by atoms with E-state index >= 15 is 0 Å². The largest absolute Gasteiger partial charge is 0.496 e. The standard InChI is InChI=1S/C19H17BrFNO4/c1-25-16-10-13(20)7-8-15(16)17(21)18(23)22-14(11-26-19(22)24)9-12-5-3-2-4-6-12/h2-8,10,14,17H,9,11H2,1H3/t14-,17-/m1/s1. The molecule has 2 atom stereocenters. The molecular weight excluding hydrogens is 405 g/mol. The smallest absolute Gasteiger partial charge is 0.417 e. The lowest BCUT2D eigenvalue weighted by Crippen LogP contribution is -2.42. The molecule has 7 heteroatoms. The maximum Gasteiger partial charge on any atom is 0.417 e. The molecule has 2 aromatic carbocycles. The lowest BCUT2D eigenvalue weighted by atomic mass is 10.0. The van der Waals surface area contributed by atoms with Crippen LogP contribution in [0.5, 0.6) is 5.75 Å². The van der Waals surface area contributed by atoms with Crippen molar-refractivity contribution in [3.05, 3.63) is 64.1 Å². The average Bonchev–Trinajstić information content (AvgIpc) is 3.01. The minimum atomic E-state index is -2.03. The molecule has 0 radical (unpaired) electrons. The van der Waals surface area contributed by atoms with Crippen LogP contribution >= 0.6 is 15.9 Å². The first-order valence-corrected chi connectivity index (χ1v) is 8.82. The van der Waals surface area contributed by atoms with Crippen LogP contribution in [-0.2, 0) is 16.0 Å². The Balaban J connectivity index is 1.83. The molecule has 0 aromatic heterocycles. The summed E-state index contributed by atoms with van der Waals surface area (Å²) in [5.74, 6) is -0.721. The molecule has 5 nitrogen and oxygen atoms in total. The van der Waals surface area contributed by atoms with Crippen molar-refractivity contribution in [1.82, 2.24) is 4.90 Å². The number of carbonyl (C=O) groups excluding carboxylic acids is 2. The predicted molar refractivity (Wildman–Crippen MR) is 96.7 cm³/mol. The second-order valence-corrected chi connectivity index (χ2v) is 6.79. The molecule has 1 heterocycles. The molecule has 1 aliphatic rings. The third kappa shape index (κ3) is 3.72. The van der Waals surface area contributed by atoms with E-state index in [1.165, 1.54) is 13.2 Å². The molecule has 0 bridgehead atoms. The highest BCUT2D eigenvalue weighted by Crippen LogP contribution is 2.33. The first-order chi connectivity index (χ1) is 12.5. The fourth-order valence-electron chi connectivity index (χ4n) is 2.92. The third-order valence-electron chi connectivity index (χ3n) is 4.20. The van der Waals surface area contributed by atoms with Crippen molar-refractivity contribution in [3.8, 4) is 5.75 Å². The zero-order chi connectivity index (χ0) is 18.7. The van der Waals surface area contributed by atoms with Crippen molar-refractivity contribution in [3.63, 3.8) is 0 Å². The fraction of sp³-hybridized carbons (Fsp3) is 0.263. The number of cyclic esters (lactones) is 1. The second-order valence-electron chi connectivity index (χ2n) is 5.88. The van der Waals surface area contributed by atoms with E-state index in [1.54, 1.807) is 12.1 Å². The van der Waals surface area contributed by atoms with Gasteiger partial charge < -0.3 is 9.47 Å². The Morgan fingerprint density at radius 1 is 1.35 bits per heavy atom. The molecule has 0 N–H and O–H groups in total. The molecule has 136 valence electrons. The van der Waals surface area contributed by atoms with Crippen LogP contribution in [0, 0.1) is 0 Å². The zero-order valence-corrected chi connectivity index (χ0v) is 15.6. The topological polar surface area (TPSA) is 55.8 Å². The summed E-state index contributed by atoms with van der Waals surface area (Å²) >= 11 is 3.27.